The van der Waals surface area contributed by atoms with Crippen molar-refractivity contribution in [1.29, 1.82) is 5.26 Å². The van der Waals surface area contributed by atoms with Crippen LogP contribution in [-0.4, -0.2) is 4.68 Å². The van der Waals surface area contributed by atoms with Gasteiger partial charge in [0.2, 0.25) is 0 Å². The van der Waals surface area contributed by atoms with Gasteiger partial charge in [0.25, 0.3) is 0 Å². The fraction of sp³-hybridized carbons (Fsp3) is 0.214. The first-order valence-electron chi connectivity index (χ1n) is 5.68. The van der Waals surface area contributed by atoms with Crippen LogP contribution >= 0.6 is 0 Å². The molecule has 0 saturated carbocycles. The average molecular weight is 243 g/mol. The van der Waals surface area contributed by atoms with E-state index in [1.807, 2.05) is 36.7 Å². The highest BCUT2D eigenvalue weighted by molar-refractivity contribution is 5.34. The van der Waals surface area contributed by atoms with Crippen LogP contribution in [0.1, 0.15) is 22.5 Å². The standard InChI is InChI=1S/C14H14FN3/c1-10-3-4-11(2)18(10)17-9-13-5-12(8-16)6-14(15)7-13/h3-7,17H,9H2,1-2H3. The highest BCUT2D eigenvalue weighted by Crippen LogP contribution is 2.10. The largest absolute Gasteiger partial charge is 0.322 e. The molecule has 0 aliphatic heterocycles. The van der Waals surface area contributed by atoms with Crippen LogP contribution in [0.15, 0.2) is 30.3 Å². The van der Waals surface area contributed by atoms with Gasteiger partial charge in [-0.05, 0) is 49.7 Å². The van der Waals surface area contributed by atoms with E-state index in [9.17, 15) is 4.39 Å². The summed E-state index contributed by atoms with van der Waals surface area (Å²) >= 11 is 0. The van der Waals surface area contributed by atoms with E-state index in [2.05, 4.69) is 5.43 Å². The van der Waals surface area contributed by atoms with E-state index in [-0.39, 0.29) is 5.82 Å². The summed E-state index contributed by atoms with van der Waals surface area (Å²) in [6.45, 7) is 4.46. The molecule has 0 spiro atoms. The fourth-order valence-electron chi connectivity index (χ4n) is 1.91. The van der Waals surface area contributed by atoms with Crippen molar-refractivity contribution in [1.82, 2.24) is 4.68 Å². The van der Waals surface area contributed by atoms with Gasteiger partial charge in [0.15, 0.2) is 0 Å². The lowest BCUT2D eigenvalue weighted by atomic mass is 10.1. The van der Waals surface area contributed by atoms with Gasteiger partial charge in [0, 0.05) is 11.4 Å². The predicted octanol–water partition coefficient (Wildman–Crippen LogP) is 2.86. The summed E-state index contributed by atoms with van der Waals surface area (Å²) in [4.78, 5) is 0. The van der Waals surface area contributed by atoms with E-state index < -0.39 is 0 Å². The summed E-state index contributed by atoms with van der Waals surface area (Å²) in [6.07, 6.45) is 0. The topological polar surface area (TPSA) is 40.8 Å². The number of halogens is 1. The molecule has 92 valence electrons. The second-order valence-corrected chi connectivity index (χ2v) is 4.25. The average Bonchev–Trinajstić information content (AvgIpc) is 2.66. The third-order valence-electron chi connectivity index (χ3n) is 2.80. The molecule has 0 bridgehead atoms. The summed E-state index contributed by atoms with van der Waals surface area (Å²) in [5.41, 5.74) is 6.46. The van der Waals surface area contributed by atoms with Crippen molar-refractivity contribution in [3.63, 3.8) is 0 Å². The zero-order valence-electron chi connectivity index (χ0n) is 10.4. The van der Waals surface area contributed by atoms with Gasteiger partial charge >= 0.3 is 0 Å². The molecule has 1 aromatic heterocycles. The summed E-state index contributed by atoms with van der Waals surface area (Å²) in [7, 11) is 0. The van der Waals surface area contributed by atoms with Crippen LogP contribution in [0.4, 0.5) is 4.39 Å². The Morgan fingerprint density at radius 2 is 1.89 bits per heavy atom. The SMILES string of the molecule is Cc1ccc(C)n1NCc1cc(F)cc(C#N)c1. The number of aromatic nitrogens is 1. The third kappa shape index (κ3) is 2.51. The molecule has 1 heterocycles. The second kappa shape index (κ2) is 4.92. The molecule has 0 saturated heterocycles. The van der Waals surface area contributed by atoms with Crippen LogP contribution in [0.3, 0.4) is 0 Å². The van der Waals surface area contributed by atoms with Crippen molar-refractivity contribution in [3.8, 4) is 6.07 Å². The summed E-state index contributed by atoms with van der Waals surface area (Å²) < 4.78 is 15.2. The molecule has 0 unspecified atom stereocenters. The second-order valence-electron chi connectivity index (χ2n) is 4.25. The van der Waals surface area contributed by atoms with Crippen LogP contribution in [0, 0.1) is 31.0 Å². The molecule has 2 aromatic rings. The van der Waals surface area contributed by atoms with Crippen molar-refractivity contribution in [2.75, 3.05) is 5.43 Å². The van der Waals surface area contributed by atoms with Crippen molar-refractivity contribution in [3.05, 3.63) is 58.7 Å². The summed E-state index contributed by atoms with van der Waals surface area (Å²) in [5.74, 6) is -0.383. The highest BCUT2D eigenvalue weighted by atomic mass is 19.1. The smallest absolute Gasteiger partial charge is 0.124 e. The van der Waals surface area contributed by atoms with E-state index in [1.165, 1.54) is 12.1 Å². The quantitative estimate of drug-likeness (QED) is 0.900. The highest BCUT2D eigenvalue weighted by Gasteiger charge is 2.03. The van der Waals surface area contributed by atoms with Crippen molar-refractivity contribution in [2.24, 2.45) is 0 Å². The van der Waals surface area contributed by atoms with E-state index >= 15 is 0 Å². The molecular formula is C14H14FN3. The number of nitrogens with one attached hydrogen (secondary N) is 1. The van der Waals surface area contributed by atoms with Crippen LogP contribution in [0.2, 0.25) is 0 Å². The maximum Gasteiger partial charge on any atom is 0.124 e. The number of nitrogens with zero attached hydrogens (tertiary/aromatic N) is 2. The number of benzene rings is 1. The molecule has 0 amide bonds. The molecule has 3 nitrogen and oxygen atoms in total. The molecule has 0 radical (unpaired) electrons. The van der Waals surface area contributed by atoms with Gasteiger partial charge in [-0.1, -0.05) is 0 Å². The molecule has 2 rings (SSSR count). The van der Waals surface area contributed by atoms with E-state index in [4.69, 9.17) is 5.26 Å². The minimum absolute atomic E-state index is 0.341. The Bertz CT molecular complexity index is 588. The Balaban J connectivity index is 2.16. The Hall–Kier alpha value is -2.28. The van der Waals surface area contributed by atoms with Gasteiger partial charge in [-0.15, -0.1) is 0 Å². The zero-order chi connectivity index (χ0) is 13.1. The van der Waals surface area contributed by atoms with Crippen LogP contribution in [0.5, 0.6) is 0 Å². The first-order valence-corrected chi connectivity index (χ1v) is 5.68. The first-order chi connectivity index (χ1) is 8.60. The molecule has 0 aliphatic carbocycles. The molecule has 0 fully saturated rings. The monoisotopic (exact) mass is 243 g/mol. The summed E-state index contributed by atoms with van der Waals surface area (Å²) in [5, 5.41) is 8.78. The maximum atomic E-state index is 13.3. The number of nitriles is 1. The number of rotatable bonds is 3. The Morgan fingerprint density at radius 3 is 2.50 bits per heavy atom. The lowest BCUT2D eigenvalue weighted by molar-refractivity contribution is 0.624. The number of hydrogen-bond donors (Lipinski definition) is 1. The normalized spacial score (nSPS) is 10.1. The molecule has 0 aliphatic rings. The van der Waals surface area contributed by atoms with E-state index in [0.29, 0.717) is 12.1 Å². The van der Waals surface area contributed by atoms with E-state index in [1.54, 1.807) is 6.07 Å². The van der Waals surface area contributed by atoms with Gasteiger partial charge in [-0.25, -0.2) is 4.39 Å². The predicted molar refractivity (Wildman–Crippen MR) is 68.1 cm³/mol. The van der Waals surface area contributed by atoms with Crippen molar-refractivity contribution in [2.45, 2.75) is 20.4 Å². The van der Waals surface area contributed by atoms with Crippen molar-refractivity contribution < 1.29 is 4.39 Å². The maximum absolute atomic E-state index is 13.3. The van der Waals surface area contributed by atoms with Crippen LogP contribution in [0.25, 0.3) is 0 Å². The van der Waals surface area contributed by atoms with Crippen LogP contribution < -0.4 is 5.43 Å². The van der Waals surface area contributed by atoms with Crippen molar-refractivity contribution >= 4 is 0 Å². The van der Waals surface area contributed by atoms with Gasteiger partial charge in [-0.3, -0.25) is 4.68 Å². The van der Waals surface area contributed by atoms with E-state index in [0.717, 1.165) is 17.0 Å². The zero-order valence-corrected chi connectivity index (χ0v) is 10.4. The van der Waals surface area contributed by atoms with Gasteiger partial charge in [-0.2, -0.15) is 5.26 Å². The number of aryl methyl sites for hydroxylation is 2. The summed E-state index contributed by atoms with van der Waals surface area (Å²) in [6, 6.07) is 10.3. The molecule has 18 heavy (non-hydrogen) atoms. The Kier molecular flexibility index (Phi) is 3.33. The minimum atomic E-state index is -0.383. The molecular weight excluding hydrogens is 229 g/mol. The van der Waals surface area contributed by atoms with Gasteiger partial charge in [0.05, 0.1) is 18.2 Å². The number of hydrogen-bond acceptors (Lipinski definition) is 2. The van der Waals surface area contributed by atoms with Gasteiger partial charge in [0.1, 0.15) is 5.82 Å². The lowest BCUT2D eigenvalue weighted by Gasteiger charge is -2.12. The lowest BCUT2D eigenvalue weighted by Crippen LogP contribution is -2.17. The molecule has 1 aromatic carbocycles. The fourth-order valence-corrected chi connectivity index (χ4v) is 1.91. The third-order valence-corrected chi connectivity index (χ3v) is 2.80. The molecule has 0 atom stereocenters. The Morgan fingerprint density at radius 1 is 1.22 bits per heavy atom. The Labute approximate surface area is 105 Å². The van der Waals surface area contributed by atoms with Gasteiger partial charge < -0.3 is 5.43 Å². The molecule has 1 N–H and O–H groups in total. The van der Waals surface area contributed by atoms with Crippen LogP contribution in [-0.2, 0) is 6.54 Å². The minimum Gasteiger partial charge on any atom is -0.322 e. The molecule has 4 heteroatoms. The first kappa shape index (κ1) is 12.2.